The van der Waals surface area contributed by atoms with Gasteiger partial charge in [0.1, 0.15) is 5.82 Å². The fourth-order valence-electron chi connectivity index (χ4n) is 3.74. The summed E-state index contributed by atoms with van der Waals surface area (Å²) in [5.41, 5.74) is 3.89. The van der Waals surface area contributed by atoms with Gasteiger partial charge in [-0.3, -0.25) is 9.97 Å². The summed E-state index contributed by atoms with van der Waals surface area (Å²) in [7, 11) is -3.38. The van der Waals surface area contributed by atoms with Crippen molar-refractivity contribution in [3.05, 3.63) is 66.1 Å². The van der Waals surface area contributed by atoms with E-state index in [0.29, 0.717) is 23.0 Å². The van der Waals surface area contributed by atoms with E-state index in [1.165, 1.54) is 30.3 Å². The number of rotatable bonds is 5. The lowest BCUT2D eigenvalue weighted by Gasteiger charge is -2.12. The molecule has 33 heavy (non-hydrogen) atoms. The molecule has 1 saturated carbocycles. The van der Waals surface area contributed by atoms with Gasteiger partial charge in [0.25, 0.3) is 0 Å². The first-order chi connectivity index (χ1) is 15.9. The molecule has 4 heterocycles. The molecule has 1 fully saturated rings. The molecule has 0 spiro atoms. The zero-order chi connectivity index (χ0) is 22.6. The molecule has 0 amide bonds. The number of aromatic nitrogens is 4. The van der Waals surface area contributed by atoms with Gasteiger partial charge in [-0.05, 0) is 55.3 Å². The quantitative estimate of drug-likeness (QED) is 0.369. The van der Waals surface area contributed by atoms with Gasteiger partial charge in [-0.2, -0.15) is 0 Å². The van der Waals surface area contributed by atoms with E-state index in [4.69, 9.17) is 9.97 Å². The molecule has 0 radical (unpaired) electrons. The molecule has 1 aliphatic carbocycles. The third-order valence-corrected chi connectivity index (χ3v) is 7.89. The SMILES string of the molecule is CS(=O)(=O)c1cncc(-c2cc3ncccc3c(Nc3ccc4nc(C5CC5)sc4c3)n2)c1. The topological polar surface area (TPSA) is 97.7 Å². The minimum Gasteiger partial charge on any atom is -0.340 e. The van der Waals surface area contributed by atoms with Crippen LogP contribution >= 0.6 is 11.3 Å². The first-order valence-electron chi connectivity index (χ1n) is 10.5. The zero-order valence-electron chi connectivity index (χ0n) is 17.7. The minimum absolute atomic E-state index is 0.152. The van der Waals surface area contributed by atoms with Gasteiger partial charge in [0.2, 0.25) is 0 Å². The third-order valence-electron chi connectivity index (χ3n) is 5.63. The van der Waals surface area contributed by atoms with Crippen molar-refractivity contribution in [2.45, 2.75) is 23.7 Å². The second kappa shape index (κ2) is 7.57. The Balaban J connectivity index is 1.44. The van der Waals surface area contributed by atoms with Crippen LogP contribution in [0.2, 0.25) is 0 Å². The number of hydrogen-bond donors (Lipinski definition) is 1. The summed E-state index contributed by atoms with van der Waals surface area (Å²) >= 11 is 1.75. The van der Waals surface area contributed by atoms with Gasteiger partial charge in [-0.1, -0.05) is 0 Å². The largest absolute Gasteiger partial charge is 0.340 e. The van der Waals surface area contributed by atoms with Crippen LogP contribution in [-0.2, 0) is 9.84 Å². The Kier molecular flexibility index (Phi) is 4.63. The van der Waals surface area contributed by atoms with E-state index >= 15 is 0 Å². The number of anilines is 2. The van der Waals surface area contributed by atoms with Crippen molar-refractivity contribution >= 4 is 53.8 Å². The average molecular weight is 474 g/mol. The molecule has 4 aromatic heterocycles. The first-order valence-corrected chi connectivity index (χ1v) is 13.2. The van der Waals surface area contributed by atoms with E-state index < -0.39 is 9.84 Å². The first kappa shape index (κ1) is 20.2. The van der Waals surface area contributed by atoms with E-state index in [0.717, 1.165) is 26.8 Å². The Hall–Kier alpha value is -3.43. The lowest BCUT2D eigenvalue weighted by atomic mass is 10.1. The normalized spacial score (nSPS) is 14.1. The molecule has 6 rings (SSSR count). The lowest BCUT2D eigenvalue weighted by molar-refractivity contribution is 0.601. The molecule has 0 bridgehead atoms. The fraction of sp³-hybridized carbons (Fsp3) is 0.167. The van der Waals surface area contributed by atoms with Crippen LogP contribution in [-0.4, -0.2) is 34.6 Å². The highest BCUT2D eigenvalue weighted by atomic mass is 32.2. The Bertz CT molecular complexity index is 1640. The Morgan fingerprint density at radius 1 is 1.03 bits per heavy atom. The molecular weight excluding hydrogens is 454 g/mol. The molecule has 7 nitrogen and oxygen atoms in total. The van der Waals surface area contributed by atoms with Crippen molar-refractivity contribution in [1.82, 2.24) is 19.9 Å². The van der Waals surface area contributed by atoms with E-state index in [1.807, 2.05) is 30.3 Å². The molecular formula is C24H19N5O2S2. The van der Waals surface area contributed by atoms with Crippen LogP contribution in [0, 0.1) is 0 Å². The maximum Gasteiger partial charge on any atom is 0.177 e. The van der Waals surface area contributed by atoms with Gasteiger partial charge in [0, 0.05) is 47.4 Å². The highest BCUT2D eigenvalue weighted by Gasteiger charge is 2.27. The Morgan fingerprint density at radius 2 is 1.91 bits per heavy atom. The van der Waals surface area contributed by atoms with Crippen LogP contribution in [0.4, 0.5) is 11.5 Å². The van der Waals surface area contributed by atoms with Crippen molar-refractivity contribution in [1.29, 1.82) is 0 Å². The number of benzene rings is 1. The minimum atomic E-state index is -3.38. The van der Waals surface area contributed by atoms with E-state index in [9.17, 15) is 8.42 Å². The predicted octanol–water partition coefficient (Wildman–Crippen LogP) is 5.33. The number of hydrogen-bond acceptors (Lipinski definition) is 8. The predicted molar refractivity (Wildman–Crippen MR) is 131 cm³/mol. The van der Waals surface area contributed by atoms with Crippen LogP contribution in [0.15, 0.2) is 66.0 Å². The molecule has 0 atom stereocenters. The van der Waals surface area contributed by atoms with Gasteiger partial charge >= 0.3 is 0 Å². The molecule has 9 heteroatoms. The summed E-state index contributed by atoms with van der Waals surface area (Å²) in [6.45, 7) is 0. The number of nitrogens with zero attached hydrogens (tertiary/aromatic N) is 4. The smallest absolute Gasteiger partial charge is 0.177 e. The van der Waals surface area contributed by atoms with Gasteiger partial charge in [0.15, 0.2) is 9.84 Å². The summed E-state index contributed by atoms with van der Waals surface area (Å²) < 4.78 is 25.1. The van der Waals surface area contributed by atoms with Crippen LogP contribution in [0.25, 0.3) is 32.4 Å². The molecule has 5 aromatic rings. The van der Waals surface area contributed by atoms with Crippen molar-refractivity contribution in [3.63, 3.8) is 0 Å². The van der Waals surface area contributed by atoms with Crippen molar-refractivity contribution in [3.8, 4) is 11.3 Å². The lowest BCUT2D eigenvalue weighted by Crippen LogP contribution is -2.00. The van der Waals surface area contributed by atoms with Crippen molar-refractivity contribution in [2.75, 3.05) is 11.6 Å². The van der Waals surface area contributed by atoms with Gasteiger partial charge in [-0.15, -0.1) is 11.3 Å². The number of nitrogens with one attached hydrogen (secondary N) is 1. The summed E-state index contributed by atoms with van der Waals surface area (Å²) in [4.78, 5) is 18.3. The molecule has 1 aromatic carbocycles. The van der Waals surface area contributed by atoms with Gasteiger partial charge < -0.3 is 5.32 Å². The summed E-state index contributed by atoms with van der Waals surface area (Å²) in [6, 6.07) is 13.4. The molecule has 0 saturated heterocycles. The van der Waals surface area contributed by atoms with Crippen LogP contribution in [0.1, 0.15) is 23.8 Å². The van der Waals surface area contributed by atoms with E-state index in [-0.39, 0.29) is 4.90 Å². The fourth-order valence-corrected chi connectivity index (χ4v) is 5.51. The molecule has 0 aliphatic heterocycles. The summed E-state index contributed by atoms with van der Waals surface area (Å²) in [5.74, 6) is 1.27. The number of sulfone groups is 1. The summed E-state index contributed by atoms with van der Waals surface area (Å²) in [6.07, 6.45) is 8.31. The zero-order valence-corrected chi connectivity index (χ0v) is 19.3. The molecule has 1 aliphatic rings. The maximum atomic E-state index is 12.0. The number of pyridine rings is 3. The van der Waals surface area contributed by atoms with Crippen LogP contribution in [0.5, 0.6) is 0 Å². The molecule has 1 N–H and O–H groups in total. The van der Waals surface area contributed by atoms with Crippen molar-refractivity contribution < 1.29 is 8.42 Å². The highest BCUT2D eigenvalue weighted by molar-refractivity contribution is 7.90. The van der Waals surface area contributed by atoms with Gasteiger partial charge in [0.05, 0.1) is 31.3 Å². The average Bonchev–Trinajstić information content (AvgIpc) is 3.58. The van der Waals surface area contributed by atoms with E-state index in [1.54, 1.807) is 29.8 Å². The number of fused-ring (bicyclic) bond motifs is 2. The van der Waals surface area contributed by atoms with E-state index in [2.05, 4.69) is 21.4 Å². The standard InChI is InChI=1S/C24H19N5O2S2/c1-33(30,31)17-9-15(12-25-13-17)20-11-21-18(3-2-8-26-21)23(28-20)27-16-6-7-19-22(10-16)32-24(29-19)14-4-5-14/h2-3,6-14H,4-5H2,1H3,(H,27,28). The van der Waals surface area contributed by atoms with Gasteiger partial charge in [-0.25, -0.2) is 18.4 Å². The second-order valence-electron chi connectivity index (χ2n) is 8.24. The maximum absolute atomic E-state index is 12.0. The third kappa shape index (κ3) is 3.94. The Labute approximate surface area is 194 Å². The molecule has 0 unspecified atom stereocenters. The van der Waals surface area contributed by atoms with Crippen molar-refractivity contribution in [2.24, 2.45) is 0 Å². The monoisotopic (exact) mass is 473 g/mol. The highest BCUT2D eigenvalue weighted by Crippen LogP contribution is 2.43. The second-order valence-corrected chi connectivity index (χ2v) is 11.3. The number of thiazole rings is 1. The van der Waals surface area contributed by atoms with Crippen LogP contribution in [0.3, 0.4) is 0 Å². The Morgan fingerprint density at radius 3 is 2.73 bits per heavy atom. The molecule has 164 valence electrons. The summed E-state index contributed by atoms with van der Waals surface area (Å²) in [5, 5.41) is 5.53. The van der Waals surface area contributed by atoms with Crippen LogP contribution < -0.4 is 5.32 Å².